The molecule has 0 aromatic heterocycles. The van der Waals surface area contributed by atoms with Gasteiger partial charge in [-0.25, -0.2) is 0 Å². The molecule has 0 atom stereocenters. The third-order valence-electron chi connectivity index (χ3n) is 1.55. The van der Waals surface area contributed by atoms with Crippen molar-refractivity contribution in [2.75, 3.05) is 0 Å². The Morgan fingerprint density at radius 2 is 2.00 bits per heavy atom. The standard InChI is InChI=1S/C10H11NO/c1-3-11-10(12)9-6-4-8(2)5-7-9/h3-7H,1H2,2H3,(H,11,12). The van der Waals surface area contributed by atoms with Crippen LogP contribution in [-0.4, -0.2) is 5.91 Å². The van der Waals surface area contributed by atoms with E-state index in [0.717, 1.165) is 5.56 Å². The maximum Gasteiger partial charge on any atom is 0.255 e. The zero-order valence-corrected chi connectivity index (χ0v) is 7.00. The van der Waals surface area contributed by atoms with Crippen LogP contribution in [0, 0.1) is 6.92 Å². The number of aryl methyl sites for hydroxylation is 1. The van der Waals surface area contributed by atoms with Crippen molar-refractivity contribution in [2.24, 2.45) is 0 Å². The summed E-state index contributed by atoms with van der Waals surface area (Å²) in [6.45, 7) is 5.39. The lowest BCUT2D eigenvalue weighted by molar-refractivity contribution is 0.0970. The molecule has 0 saturated carbocycles. The normalized spacial score (nSPS) is 9.08. The van der Waals surface area contributed by atoms with Gasteiger partial charge in [0, 0.05) is 5.56 Å². The van der Waals surface area contributed by atoms with Gasteiger partial charge >= 0.3 is 0 Å². The van der Waals surface area contributed by atoms with Crippen molar-refractivity contribution in [1.82, 2.24) is 5.32 Å². The van der Waals surface area contributed by atoms with E-state index < -0.39 is 0 Å². The van der Waals surface area contributed by atoms with E-state index in [9.17, 15) is 4.79 Å². The summed E-state index contributed by atoms with van der Waals surface area (Å²) in [5.74, 6) is -0.120. The lowest BCUT2D eigenvalue weighted by Crippen LogP contribution is -2.16. The van der Waals surface area contributed by atoms with Crippen molar-refractivity contribution in [3.63, 3.8) is 0 Å². The highest BCUT2D eigenvalue weighted by atomic mass is 16.1. The lowest BCUT2D eigenvalue weighted by atomic mass is 10.1. The molecule has 0 saturated heterocycles. The number of rotatable bonds is 2. The zero-order valence-electron chi connectivity index (χ0n) is 7.00. The van der Waals surface area contributed by atoms with Gasteiger partial charge in [0.05, 0.1) is 0 Å². The number of hydrogen-bond donors (Lipinski definition) is 1. The molecule has 1 aromatic rings. The van der Waals surface area contributed by atoms with E-state index in [1.807, 2.05) is 19.1 Å². The van der Waals surface area contributed by atoms with Gasteiger partial charge in [0.2, 0.25) is 0 Å². The highest BCUT2D eigenvalue weighted by molar-refractivity contribution is 5.94. The molecule has 0 unspecified atom stereocenters. The van der Waals surface area contributed by atoms with E-state index in [-0.39, 0.29) is 5.91 Å². The minimum absolute atomic E-state index is 0.120. The monoisotopic (exact) mass is 161 g/mol. The summed E-state index contributed by atoms with van der Waals surface area (Å²) in [5, 5.41) is 2.51. The molecule has 2 nitrogen and oxygen atoms in total. The molecule has 0 aliphatic carbocycles. The van der Waals surface area contributed by atoms with Crippen LogP contribution in [0.2, 0.25) is 0 Å². The summed E-state index contributed by atoms with van der Waals surface area (Å²) >= 11 is 0. The molecule has 0 bridgehead atoms. The Morgan fingerprint density at radius 3 is 2.50 bits per heavy atom. The molecular weight excluding hydrogens is 150 g/mol. The second-order valence-electron chi connectivity index (χ2n) is 2.54. The Labute approximate surface area is 71.9 Å². The molecule has 1 N–H and O–H groups in total. The first-order valence-electron chi connectivity index (χ1n) is 3.72. The van der Waals surface area contributed by atoms with Gasteiger partial charge in [-0.05, 0) is 25.3 Å². The third kappa shape index (κ3) is 1.95. The smallest absolute Gasteiger partial charge is 0.255 e. The van der Waals surface area contributed by atoms with E-state index in [2.05, 4.69) is 11.9 Å². The minimum Gasteiger partial charge on any atom is -0.329 e. The van der Waals surface area contributed by atoms with Crippen LogP contribution in [0.25, 0.3) is 0 Å². The van der Waals surface area contributed by atoms with Gasteiger partial charge in [0.15, 0.2) is 0 Å². The highest BCUT2D eigenvalue weighted by Gasteiger charge is 2.00. The van der Waals surface area contributed by atoms with Crippen molar-refractivity contribution in [2.45, 2.75) is 6.92 Å². The number of carbonyl (C=O) groups excluding carboxylic acids is 1. The number of benzene rings is 1. The molecule has 0 aliphatic rings. The van der Waals surface area contributed by atoms with E-state index in [1.165, 1.54) is 6.20 Å². The van der Waals surface area contributed by atoms with Gasteiger partial charge in [-0.15, -0.1) is 0 Å². The molecular formula is C10H11NO. The average molecular weight is 161 g/mol. The van der Waals surface area contributed by atoms with Crippen LogP contribution in [0.3, 0.4) is 0 Å². The molecule has 0 spiro atoms. The van der Waals surface area contributed by atoms with Crippen LogP contribution >= 0.6 is 0 Å². The maximum atomic E-state index is 11.2. The fourth-order valence-electron chi connectivity index (χ4n) is 0.881. The quantitative estimate of drug-likeness (QED) is 0.704. The van der Waals surface area contributed by atoms with Crippen LogP contribution in [0.4, 0.5) is 0 Å². The fraction of sp³-hybridized carbons (Fsp3) is 0.100. The molecule has 0 radical (unpaired) electrons. The van der Waals surface area contributed by atoms with E-state index in [4.69, 9.17) is 0 Å². The van der Waals surface area contributed by atoms with Gasteiger partial charge < -0.3 is 5.32 Å². The largest absolute Gasteiger partial charge is 0.329 e. The van der Waals surface area contributed by atoms with Crippen molar-refractivity contribution < 1.29 is 4.79 Å². The molecule has 2 heteroatoms. The van der Waals surface area contributed by atoms with Crippen molar-refractivity contribution in [3.05, 3.63) is 48.2 Å². The minimum atomic E-state index is -0.120. The predicted octanol–water partition coefficient (Wildman–Crippen LogP) is 1.87. The summed E-state index contributed by atoms with van der Waals surface area (Å²) in [6.07, 6.45) is 1.38. The van der Waals surface area contributed by atoms with Crippen molar-refractivity contribution >= 4 is 5.91 Å². The number of carbonyl (C=O) groups is 1. The van der Waals surface area contributed by atoms with E-state index >= 15 is 0 Å². The number of amides is 1. The van der Waals surface area contributed by atoms with Crippen molar-refractivity contribution in [3.8, 4) is 0 Å². The topological polar surface area (TPSA) is 29.1 Å². The molecule has 0 aliphatic heterocycles. The van der Waals surface area contributed by atoms with Gasteiger partial charge in [0.25, 0.3) is 5.91 Å². The van der Waals surface area contributed by atoms with Crippen LogP contribution in [0.5, 0.6) is 0 Å². The predicted molar refractivity (Wildman–Crippen MR) is 48.8 cm³/mol. The third-order valence-corrected chi connectivity index (χ3v) is 1.55. The molecule has 1 aromatic carbocycles. The SMILES string of the molecule is C=CNC(=O)c1ccc(C)cc1. The Kier molecular flexibility index (Phi) is 2.64. The molecule has 12 heavy (non-hydrogen) atoms. The maximum absolute atomic E-state index is 11.2. The van der Waals surface area contributed by atoms with Crippen LogP contribution < -0.4 is 5.32 Å². The number of nitrogens with one attached hydrogen (secondary N) is 1. The van der Waals surface area contributed by atoms with E-state index in [0.29, 0.717) is 5.56 Å². The molecule has 1 rings (SSSR count). The Hall–Kier alpha value is -1.57. The summed E-state index contributed by atoms with van der Waals surface area (Å²) in [6, 6.07) is 7.37. The summed E-state index contributed by atoms with van der Waals surface area (Å²) in [7, 11) is 0. The summed E-state index contributed by atoms with van der Waals surface area (Å²) in [5.41, 5.74) is 1.80. The van der Waals surface area contributed by atoms with Gasteiger partial charge in [-0.2, -0.15) is 0 Å². The number of hydrogen-bond acceptors (Lipinski definition) is 1. The van der Waals surface area contributed by atoms with Crippen LogP contribution in [0.1, 0.15) is 15.9 Å². The highest BCUT2D eigenvalue weighted by Crippen LogP contribution is 2.02. The van der Waals surface area contributed by atoms with E-state index in [1.54, 1.807) is 12.1 Å². The first kappa shape index (κ1) is 8.53. The second kappa shape index (κ2) is 3.72. The first-order chi connectivity index (χ1) is 5.74. The second-order valence-corrected chi connectivity index (χ2v) is 2.54. The lowest BCUT2D eigenvalue weighted by Gasteiger charge is -1.99. The van der Waals surface area contributed by atoms with Gasteiger partial charge in [0.1, 0.15) is 0 Å². The van der Waals surface area contributed by atoms with Crippen LogP contribution in [-0.2, 0) is 0 Å². The molecule has 1 amide bonds. The Balaban J connectivity index is 2.82. The Bertz CT molecular complexity index is 287. The van der Waals surface area contributed by atoms with Gasteiger partial charge in [-0.3, -0.25) is 4.79 Å². The average Bonchev–Trinajstić information content (AvgIpc) is 2.06. The molecule has 0 fully saturated rings. The Morgan fingerprint density at radius 1 is 1.42 bits per heavy atom. The summed E-state index contributed by atoms with van der Waals surface area (Å²) < 4.78 is 0. The first-order valence-corrected chi connectivity index (χ1v) is 3.72. The summed E-state index contributed by atoms with van der Waals surface area (Å²) in [4.78, 5) is 11.2. The van der Waals surface area contributed by atoms with Crippen LogP contribution in [0.15, 0.2) is 37.0 Å². The molecule has 0 heterocycles. The fourth-order valence-corrected chi connectivity index (χ4v) is 0.881. The van der Waals surface area contributed by atoms with Gasteiger partial charge in [-0.1, -0.05) is 24.3 Å². The van der Waals surface area contributed by atoms with Crippen molar-refractivity contribution in [1.29, 1.82) is 0 Å². The zero-order chi connectivity index (χ0) is 8.97. The molecule has 62 valence electrons.